The highest BCUT2D eigenvalue weighted by Crippen LogP contribution is 2.18. The molecule has 3 nitrogen and oxygen atoms in total. The van der Waals surface area contributed by atoms with Gasteiger partial charge in [-0.1, -0.05) is 32.6 Å². The molecule has 0 radical (unpaired) electrons. The van der Waals surface area contributed by atoms with Gasteiger partial charge in [-0.05, 0) is 24.6 Å². The van der Waals surface area contributed by atoms with Crippen molar-refractivity contribution >= 4 is 11.7 Å². The van der Waals surface area contributed by atoms with Crippen LogP contribution in [0.4, 0.5) is 10.1 Å². The Morgan fingerprint density at radius 1 is 1.26 bits per heavy atom. The molecule has 1 N–H and O–H groups in total. The zero-order valence-corrected chi connectivity index (χ0v) is 11.7. The predicted molar refractivity (Wildman–Crippen MR) is 75.0 cm³/mol. The maximum Gasteiger partial charge on any atom is 0.339 e. The fourth-order valence-electron chi connectivity index (χ4n) is 1.90. The first-order valence-corrected chi connectivity index (χ1v) is 6.80. The van der Waals surface area contributed by atoms with Crippen LogP contribution in [0.15, 0.2) is 18.2 Å². The normalized spacial score (nSPS) is 10.3. The summed E-state index contributed by atoms with van der Waals surface area (Å²) in [5.41, 5.74) is 0.875. The van der Waals surface area contributed by atoms with Crippen LogP contribution >= 0.6 is 0 Å². The molecule has 0 fully saturated rings. The number of methoxy groups -OCH3 is 1. The van der Waals surface area contributed by atoms with Crippen molar-refractivity contribution in [2.45, 2.75) is 39.0 Å². The van der Waals surface area contributed by atoms with Gasteiger partial charge in [0.2, 0.25) is 0 Å². The van der Waals surface area contributed by atoms with E-state index in [9.17, 15) is 9.18 Å². The Balaban J connectivity index is 2.51. The van der Waals surface area contributed by atoms with Crippen LogP contribution in [-0.2, 0) is 4.74 Å². The molecule has 0 unspecified atom stereocenters. The quantitative estimate of drug-likeness (QED) is 0.571. The monoisotopic (exact) mass is 267 g/mol. The molecule has 0 bridgehead atoms. The van der Waals surface area contributed by atoms with Crippen molar-refractivity contribution in [1.29, 1.82) is 0 Å². The molecule has 0 aliphatic carbocycles. The fraction of sp³-hybridized carbons (Fsp3) is 0.533. The lowest BCUT2D eigenvalue weighted by molar-refractivity contribution is 0.0602. The second-order valence-corrected chi connectivity index (χ2v) is 4.52. The Bertz CT molecular complexity index is 407. The number of hydrogen-bond acceptors (Lipinski definition) is 3. The first kappa shape index (κ1) is 15.5. The summed E-state index contributed by atoms with van der Waals surface area (Å²) in [7, 11) is 1.32. The Morgan fingerprint density at radius 2 is 2.00 bits per heavy atom. The number of benzene rings is 1. The summed E-state index contributed by atoms with van der Waals surface area (Å²) in [6.45, 7) is 2.91. The van der Waals surface area contributed by atoms with E-state index in [1.165, 1.54) is 44.6 Å². The molecular formula is C15H22FNO2. The van der Waals surface area contributed by atoms with Gasteiger partial charge in [-0.2, -0.15) is 0 Å². The van der Waals surface area contributed by atoms with Gasteiger partial charge < -0.3 is 10.1 Å². The van der Waals surface area contributed by atoms with Gasteiger partial charge >= 0.3 is 5.97 Å². The van der Waals surface area contributed by atoms with Crippen molar-refractivity contribution in [2.24, 2.45) is 0 Å². The van der Waals surface area contributed by atoms with Crippen molar-refractivity contribution in [3.8, 4) is 0 Å². The number of ether oxygens (including phenoxy) is 1. The van der Waals surface area contributed by atoms with Gasteiger partial charge in [0, 0.05) is 6.54 Å². The molecule has 0 aromatic heterocycles. The van der Waals surface area contributed by atoms with E-state index in [2.05, 4.69) is 17.0 Å². The number of halogens is 1. The molecule has 4 heteroatoms. The number of unbranched alkanes of at least 4 members (excludes halogenated alkanes) is 4. The van der Waals surface area contributed by atoms with Crippen molar-refractivity contribution in [3.05, 3.63) is 29.6 Å². The third-order valence-corrected chi connectivity index (χ3v) is 2.98. The molecule has 0 atom stereocenters. The van der Waals surface area contributed by atoms with Crippen molar-refractivity contribution in [3.63, 3.8) is 0 Å². The Morgan fingerprint density at radius 3 is 2.68 bits per heavy atom. The second kappa shape index (κ2) is 8.51. The van der Waals surface area contributed by atoms with Crippen LogP contribution in [0.2, 0.25) is 0 Å². The molecule has 0 saturated carbocycles. The van der Waals surface area contributed by atoms with E-state index < -0.39 is 5.97 Å². The summed E-state index contributed by atoms with van der Waals surface area (Å²) < 4.78 is 17.9. The summed E-state index contributed by atoms with van der Waals surface area (Å²) in [4.78, 5) is 11.5. The van der Waals surface area contributed by atoms with Crippen molar-refractivity contribution < 1.29 is 13.9 Å². The first-order valence-electron chi connectivity index (χ1n) is 6.80. The molecule has 0 amide bonds. The molecule has 0 heterocycles. The highest BCUT2D eigenvalue weighted by atomic mass is 19.1. The van der Waals surface area contributed by atoms with Crippen LogP contribution in [-0.4, -0.2) is 19.6 Å². The van der Waals surface area contributed by atoms with E-state index in [1.54, 1.807) is 0 Å². The van der Waals surface area contributed by atoms with E-state index in [0.29, 0.717) is 11.3 Å². The van der Waals surface area contributed by atoms with E-state index in [-0.39, 0.29) is 5.82 Å². The van der Waals surface area contributed by atoms with Crippen LogP contribution in [0.1, 0.15) is 49.4 Å². The minimum atomic E-state index is -0.450. The van der Waals surface area contributed by atoms with E-state index >= 15 is 0 Å². The summed E-state index contributed by atoms with van der Waals surface area (Å²) >= 11 is 0. The number of esters is 1. The van der Waals surface area contributed by atoms with Gasteiger partial charge in [0.25, 0.3) is 0 Å². The first-order chi connectivity index (χ1) is 9.19. The van der Waals surface area contributed by atoms with E-state index in [4.69, 9.17) is 0 Å². The molecule has 0 aliphatic rings. The molecule has 1 aromatic carbocycles. The number of carbonyl (C=O) groups is 1. The minimum absolute atomic E-state index is 0.360. The predicted octanol–water partition coefficient (Wildman–Crippen LogP) is 3.99. The molecule has 0 aliphatic heterocycles. The molecule has 19 heavy (non-hydrogen) atoms. The number of nitrogens with one attached hydrogen (secondary N) is 1. The van der Waals surface area contributed by atoms with Gasteiger partial charge in [-0.3, -0.25) is 0 Å². The number of hydrogen-bond donors (Lipinski definition) is 1. The molecule has 0 spiro atoms. The highest BCUT2D eigenvalue weighted by Gasteiger charge is 2.12. The van der Waals surface area contributed by atoms with Gasteiger partial charge in [0.05, 0.1) is 18.4 Å². The smallest absolute Gasteiger partial charge is 0.339 e. The average molecular weight is 267 g/mol. The largest absolute Gasteiger partial charge is 0.465 e. The molecule has 0 saturated heterocycles. The third kappa shape index (κ3) is 5.28. The summed E-state index contributed by atoms with van der Waals surface area (Å²) in [6, 6.07) is 4.04. The molecule has 106 valence electrons. The number of carbonyl (C=O) groups excluding carboxylic acids is 1. The van der Waals surface area contributed by atoms with E-state index in [1.807, 2.05) is 0 Å². The Hall–Kier alpha value is -1.58. The van der Waals surface area contributed by atoms with Crippen molar-refractivity contribution in [2.75, 3.05) is 19.0 Å². The maximum absolute atomic E-state index is 13.2. The van der Waals surface area contributed by atoms with Gasteiger partial charge in [0.15, 0.2) is 0 Å². The number of anilines is 1. The maximum atomic E-state index is 13.2. The second-order valence-electron chi connectivity index (χ2n) is 4.52. The lowest BCUT2D eigenvalue weighted by Gasteiger charge is -2.10. The van der Waals surface area contributed by atoms with Crippen LogP contribution in [0.3, 0.4) is 0 Å². The molecular weight excluding hydrogens is 245 g/mol. The summed E-state index contributed by atoms with van der Waals surface area (Å²) in [5.74, 6) is -0.811. The molecule has 1 rings (SSSR count). The summed E-state index contributed by atoms with van der Waals surface area (Å²) in [6.07, 6.45) is 5.82. The lowest BCUT2D eigenvalue weighted by Crippen LogP contribution is -2.09. The SMILES string of the molecule is CCCCCCCNc1cc(F)ccc1C(=O)OC. The Kier molecular flexibility index (Phi) is 6.93. The van der Waals surface area contributed by atoms with Crippen molar-refractivity contribution in [1.82, 2.24) is 0 Å². The average Bonchev–Trinajstić information content (AvgIpc) is 2.42. The van der Waals surface area contributed by atoms with E-state index in [0.717, 1.165) is 19.4 Å². The molecule has 1 aromatic rings. The fourth-order valence-corrected chi connectivity index (χ4v) is 1.90. The summed E-state index contributed by atoms with van der Waals surface area (Å²) in [5, 5.41) is 3.11. The zero-order chi connectivity index (χ0) is 14.1. The van der Waals surface area contributed by atoms with Crippen LogP contribution < -0.4 is 5.32 Å². The third-order valence-electron chi connectivity index (χ3n) is 2.98. The Labute approximate surface area is 114 Å². The standard InChI is InChI=1S/C15H22FNO2/c1-3-4-5-6-7-10-17-14-11-12(16)8-9-13(14)15(18)19-2/h8-9,11,17H,3-7,10H2,1-2H3. The van der Waals surface area contributed by atoms with Crippen LogP contribution in [0.5, 0.6) is 0 Å². The van der Waals surface area contributed by atoms with Gasteiger partial charge in [-0.15, -0.1) is 0 Å². The lowest BCUT2D eigenvalue weighted by atomic mass is 10.1. The van der Waals surface area contributed by atoms with Crippen LogP contribution in [0.25, 0.3) is 0 Å². The number of rotatable bonds is 8. The van der Waals surface area contributed by atoms with Gasteiger partial charge in [-0.25, -0.2) is 9.18 Å². The zero-order valence-electron chi connectivity index (χ0n) is 11.7. The highest BCUT2D eigenvalue weighted by molar-refractivity contribution is 5.95. The minimum Gasteiger partial charge on any atom is -0.465 e. The van der Waals surface area contributed by atoms with Crippen LogP contribution in [0, 0.1) is 5.82 Å². The topological polar surface area (TPSA) is 38.3 Å². The van der Waals surface area contributed by atoms with Gasteiger partial charge in [0.1, 0.15) is 5.82 Å².